The second-order valence-corrected chi connectivity index (χ2v) is 11.8. The van der Waals surface area contributed by atoms with E-state index in [9.17, 15) is 43.8 Å². The zero-order chi connectivity index (χ0) is 36.3. The number of aliphatic hydroxyl groups is 2. The van der Waals surface area contributed by atoms with Crippen LogP contribution < -0.4 is 43.4 Å². The number of rotatable bonds is 23. The maximum absolute atomic E-state index is 13.1. The van der Waals surface area contributed by atoms with Crippen molar-refractivity contribution in [1.29, 1.82) is 0 Å². The smallest absolute Gasteiger partial charge is 0.326 e. The minimum Gasteiger partial charge on any atom is -0.480 e. The van der Waals surface area contributed by atoms with E-state index in [0.717, 1.165) is 0 Å². The molecule has 0 aliphatic rings. The summed E-state index contributed by atoms with van der Waals surface area (Å²) in [5, 5.41) is 42.6. The first-order chi connectivity index (χ1) is 22.0. The van der Waals surface area contributed by atoms with Gasteiger partial charge in [-0.2, -0.15) is 0 Å². The molecule has 0 aliphatic carbocycles. The molecule has 6 amide bonds. The third-order valence-electron chi connectivity index (χ3n) is 7.24. The van der Waals surface area contributed by atoms with Crippen LogP contribution in [-0.2, 0) is 33.6 Å². The van der Waals surface area contributed by atoms with Gasteiger partial charge in [-0.05, 0) is 51.0 Å². The Hall–Kier alpha value is -3.87. The number of unbranched alkanes of at least 4 members (excludes halogenated alkanes) is 1. The Morgan fingerprint density at radius 1 is 0.702 bits per heavy atom. The molecule has 47 heavy (non-hydrogen) atoms. The molecule has 270 valence electrons. The summed E-state index contributed by atoms with van der Waals surface area (Å²) >= 11 is 0. The number of carboxylic acid groups (broad SMARTS) is 1. The van der Waals surface area contributed by atoms with E-state index in [2.05, 4.69) is 31.9 Å². The van der Waals surface area contributed by atoms with Gasteiger partial charge in [-0.25, -0.2) is 4.79 Å². The van der Waals surface area contributed by atoms with Crippen molar-refractivity contribution >= 4 is 41.4 Å². The number of hydrogen-bond acceptors (Lipinski definition) is 11. The molecular formula is C29H54N8O10. The topological polar surface area (TPSA) is 304 Å². The van der Waals surface area contributed by atoms with Crippen molar-refractivity contribution in [2.75, 3.05) is 26.3 Å². The Morgan fingerprint density at radius 2 is 1.30 bits per heavy atom. The normalized spacial score (nSPS) is 15.5. The predicted molar refractivity (Wildman–Crippen MR) is 170 cm³/mol. The first-order valence-corrected chi connectivity index (χ1v) is 15.7. The third kappa shape index (κ3) is 16.5. The molecule has 18 nitrogen and oxygen atoms in total. The number of carbonyl (C=O) groups is 7. The first-order valence-electron chi connectivity index (χ1n) is 15.7. The molecule has 0 rings (SSSR count). The van der Waals surface area contributed by atoms with E-state index in [1.807, 2.05) is 0 Å². The van der Waals surface area contributed by atoms with E-state index in [1.54, 1.807) is 27.7 Å². The average molecular weight is 675 g/mol. The Kier molecular flexibility index (Phi) is 20.8. The number of nitrogens with two attached hydrogens (primary N) is 2. The lowest BCUT2D eigenvalue weighted by Crippen LogP contribution is -2.59. The Balaban J connectivity index is 5.36. The van der Waals surface area contributed by atoms with Gasteiger partial charge < -0.3 is 58.7 Å². The molecule has 13 N–H and O–H groups in total. The molecule has 18 heteroatoms. The molecule has 0 bridgehead atoms. The van der Waals surface area contributed by atoms with E-state index >= 15 is 0 Å². The Bertz CT molecular complexity index is 1060. The van der Waals surface area contributed by atoms with Gasteiger partial charge in [0.2, 0.25) is 35.4 Å². The van der Waals surface area contributed by atoms with Crippen LogP contribution in [0, 0.1) is 11.8 Å². The summed E-state index contributed by atoms with van der Waals surface area (Å²) in [6.07, 6.45) is 1.80. The van der Waals surface area contributed by atoms with Crippen LogP contribution in [0.15, 0.2) is 0 Å². The van der Waals surface area contributed by atoms with Crippen LogP contribution in [0.2, 0.25) is 0 Å². The lowest BCUT2D eigenvalue weighted by molar-refractivity contribution is -0.142. The fraction of sp³-hybridized carbons (Fsp3) is 0.759. The minimum absolute atomic E-state index is 0.114. The van der Waals surface area contributed by atoms with Gasteiger partial charge in [0.05, 0.1) is 19.8 Å². The fourth-order valence-corrected chi connectivity index (χ4v) is 4.16. The van der Waals surface area contributed by atoms with Crippen LogP contribution in [0.3, 0.4) is 0 Å². The van der Waals surface area contributed by atoms with Gasteiger partial charge in [-0.3, -0.25) is 28.8 Å². The second-order valence-electron chi connectivity index (χ2n) is 11.8. The molecule has 0 heterocycles. The van der Waals surface area contributed by atoms with Gasteiger partial charge in [0.15, 0.2) is 0 Å². The predicted octanol–water partition coefficient (Wildman–Crippen LogP) is -3.84. The number of nitrogens with one attached hydrogen (secondary N) is 6. The maximum Gasteiger partial charge on any atom is 0.326 e. The maximum atomic E-state index is 13.1. The Morgan fingerprint density at radius 3 is 1.81 bits per heavy atom. The van der Waals surface area contributed by atoms with Crippen LogP contribution in [-0.4, -0.2) is 119 Å². The lowest BCUT2D eigenvalue weighted by atomic mass is 9.98. The van der Waals surface area contributed by atoms with Gasteiger partial charge in [-0.1, -0.05) is 34.1 Å². The highest BCUT2D eigenvalue weighted by molar-refractivity contribution is 5.96. The number of amides is 6. The molecule has 0 aromatic carbocycles. The van der Waals surface area contributed by atoms with Gasteiger partial charge in [0.1, 0.15) is 36.3 Å². The highest BCUT2D eigenvalue weighted by Gasteiger charge is 2.31. The molecular weight excluding hydrogens is 620 g/mol. The van der Waals surface area contributed by atoms with Crippen LogP contribution >= 0.6 is 0 Å². The largest absolute Gasteiger partial charge is 0.480 e. The summed E-state index contributed by atoms with van der Waals surface area (Å²) in [5.74, 6) is -6.45. The van der Waals surface area contributed by atoms with E-state index in [4.69, 9.17) is 16.6 Å². The molecule has 0 aromatic heterocycles. The van der Waals surface area contributed by atoms with E-state index in [1.165, 1.54) is 6.92 Å². The quantitative estimate of drug-likeness (QED) is 0.0465. The monoisotopic (exact) mass is 674 g/mol. The molecule has 0 saturated carbocycles. The number of aliphatic carboxylic acids is 1. The summed E-state index contributed by atoms with van der Waals surface area (Å²) in [7, 11) is 0. The standard InChI is InChI=1S/C29H54N8O10/c1-6-16(4)23(37-25(42)18(31)13-38)28(45)32-12-22(40)34-21(14-39)27(44)36-20(11-15(2)3)26(43)33-17(5)24(41)35-19(29(46)47)9-7-8-10-30/h15-21,23,38-39H,6-14,30-31H2,1-5H3,(H,32,45)(H,33,43)(H,34,40)(H,35,41)(H,36,44)(H,37,42)(H,46,47)/t16-,17-,18+,19-,20+,21+,23-/m0/s1. The van der Waals surface area contributed by atoms with Crippen LogP contribution in [0.5, 0.6) is 0 Å². The van der Waals surface area contributed by atoms with E-state index in [-0.39, 0.29) is 24.7 Å². The minimum atomic E-state index is -1.51. The number of carbonyl (C=O) groups excluding carboxylic acids is 6. The van der Waals surface area contributed by atoms with Crippen molar-refractivity contribution in [2.45, 2.75) is 103 Å². The molecule has 7 atom stereocenters. The Labute approximate surface area is 274 Å². The van der Waals surface area contributed by atoms with Crippen LogP contribution in [0.25, 0.3) is 0 Å². The molecule has 0 saturated heterocycles. The summed E-state index contributed by atoms with van der Waals surface area (Å²) in [6.45, 7) is 6.64. The van der Waals surface area contributed by atoms with E-state index in [0.29, 0.717) is 25.8 Å². The lowest BCUT2D eigenvalue weighted by Gasteiger charge is -2.26. The number of aliphatic hydroxyl groups excluding tert-OH is 2. The van der Waals surface area contributed by atoms with Gasteiger partial charge in [0, 0.05) is 0 Å². The molecule has 0 spiro atoms. The molecule has 0 aliphatic heterocycles. The highest BCUT2D eigenvalue weighted by Crippen LogP contribution is 2.09. The van der Waals surface area contributed by atoms with Crippen molar-refractivity contribution in [2.24, 2.45) is 23.3 Å². The molecule has 0 unspecified atom stereocenters. The summed E-state index contributed by atoms with van der Waals surface area (Å²) in [4.78, 5) is 87.6. The van der Waals surface area contributed by atoms with Gasteiger partial charge in [0.25, 0.3) is 0 Å². The van der Waals surface area contributed by atoms with Crippen molar-refractivity contribution in [3.05, 3.63) is 0 Å². The molecule has 0 aromatic rings. The zero-order valence-corrected chi connectivity index (χ0v) is 27.8. The number of carboxylic acids is 1. The second kappa shape index (κ2) is 22.6. The summed E-state index contributed by atoms with van der Waals surface area (Å²) in [6, 6.07) is -7.35. The highest BCUT2D eigenvalue weighted by atomic mass is 16.4. The summed E-state index contributed by atoms with van der Waals surface area (Å²) in [5.41, 5.74) is 10.9. The van der Waals surface area contributed by atoms with Crippen molar-refractivity contribution in [3.8, 4) is 0 Å². The summed E-state index contributed by atoms with van der Waals surface area (Å²) < 4.78 is 0. The zero-order valence-electron chi connectivity index (χ0n) is 27.8. The van der Waals surface area contributed by atoms with E-state index < -0.39 is 97.4 Å². The van der Waals surface area contributed by atoms with Crippen LogP contribution in [0.1, 0.15) is 66.7 Å². The van der Waals surface area contributed by atoms with Crippen molar-refractivity contribution < 1.29 is 48.9 Å². The number of hydrogen-bond donors (Lipinski definition) is 11. The SMILES string of the molecule is CC[C@H](C)[C@H](NC(=O)[C@H](N)CO)C(=O)NCC(=O)N[C@H](CO)C(=O)N[C@H](CC(C)C)C(=O)N[C@@H](C)C(=O)N[C@@H](CCCCN)C(=O)O. The average Bonchev–Trinajstić information content (AvgIpc) is 3.02. The fourth-order valence-electron chi connectivity index (χ4n) is 4.16. The van der Waals surface area contributed by atoms with Crippen molar-refractivity contribution in [3.63, 3.8) is 0 Å². The van der Waals surface area contributed by atoms with Crippen molar-refractivity contribution in [1.82, 2.24) is 31.9 Å². The molecule has 0 fully saturated rings. The first kappa shape index (κ1) is 43.1. The van der Waals surface area contributed by atoms with Crippen LogP contribution in [0.4, 0.5) is 0 Å². The third-order valence-corrected chi connectivity index (χ3v) is 7.24. The van der Waals surface area contributed by atoms with Gasteiger partial charge >= 0.3 is 5.97 Å². The molecule has 0 radical (unpaired) electrons. The van der Waals surface area contributed by atoms with Gasteiger partial charge in [-0.15, -0.1) is 0 Å².